The van der Waals surface area contributed by atoms with Crippen molar-refractivity contribution in [1.29, 1.82) is 0 Å². The lowest BCUT2D eigenvalue weighted by molar-refractivity contribution is -0.122. The van der Waals surface area contributed by atoms with Crippen LogP contribution in [0.15, 0.2) is 64.0 Å². The fourth-order valence-corrected chi connectivity index (χ4v) is 2.48. The van der Waals surface area contributed by atoms with Crippen molar-refractivity contribution in [3.05, 3.63) is 65.1 Å². The number of aromatic amines is 1. The molecule has 0 bridgehead atoms. The van der Waals surface area contributed by atoms with Gasteiger partial charge in [0.05, 0.1) is 6.26 Å². The molecule has 0 radical (unpaired) electrons. The van der Waals surface area contributed by atoms with Crippen molar-refractivity contribution in [3.8, 4) is 17.3 Å². The number of nitrogens with one attached hydrogen (secondary N) is 2. The SMILES string of the molecule is CC(Oc1ccccc1)C(=O)Nc1cc(=O)[nH]c2nc(-c3ccco3)nn12. The molecule has 136 valence electrons. The molecule has 0 aliphatic heterocycles. The van der Waals surface area contributed by atoms with Crippen LogP contribution in [-0.2, 0) is 4.79 Å². The summed E-state index contributed by atoms with van der Waals surface area (Å²) in [5.41, 5.74) is -0.423. The number of aromatic nitrogens is 4. The van der Waals surface area contributed by atoms with Crippen molar-refractivity contribution in [3.63, 3.8) is 0 Å². The maximum atomic E-state index is 12.5. The predicted octanol–water partition coefficient (Wildman–Crippen LogP) is 2.08. The van der Waals surface area contributed by atoms with Crippen LogP contribution in [0.4, 0.5) is 5.82 Å². The van der Waals surface area contributed by atoms with Crippen molar-refractivity contribution >= 4 is 17.5 Å². The van der Waals surface area contributed by atoms with Gasteiger partial charge in [0, 0.05) is 6.07 Å². The summed E-state index contributed by atoms with van der Waals surface area (Å²) in [6, 6.07) is 13.6. The number of benzene rings is 1. The molecule has 4 aromatic rings. The van der Waals surface area contributed by atoms with Crippen molar-refractivity contribution in [1.82, 2.24) is 19.6 Å². The largest absolute Gasteiger partial charge is 0.481 e. The molecular weight excluding hydrogens is 350 g/mol. The van der Waals surface area contributed by atoms with E-state index in [2.05, 4.69) is 20.4 Å². The van der Waals surface area contributed by atoms with E-state index < -0.39 is 17.6 Å². The molecule has 1 atom stereocenters. The van der Waals surface area contributed by atoms with Crippen molar-refractivity contribution in [2.75, 3.05) is 5.32 Å². The van der Waals surface area contributed by atoms with E-state index in [4.69, 9.17) is 9.15 Å². The topological polar surface area (TPSA) is 115 Å². The molecule has 0 aliphatic rings. The third-order valence-electron chi connectivity index (χ3n) is 3.76. The van der Waals surface area contributed by atoms with Gasteiger partial charge in [-0.05, 0) is 31.2 Å². The monoisotopic (exact) mass is 365 g/mol. The Balaban J connectivity index is 1.61. The van der Waals surface area contributed by atoms with E-state index in [1.54, 1.807) is 31.2 Å². The molecule has 1 unspecified atom stereocenters. The van der Waals surface area contributed by atoms with Gasteiger partial charge < -0.3 is 14.5 Å². The minimum atomic E-state index is -0.783. The minimum Gasteiger partial charge on any atom is -0.481 e. The van der Waals surface area contributed by atoms with Crippen LogP contribution in [-0.4, -0.2) is 31.6 Å². The maximum Gasteiger partial charge on any atom is 0.266 e. The van der Waals surface area contributed by atoms with Gasteiger partial charge in [-0.15, -0.1) is 5.10 Å². The number of furan rings is 1. The van der Waals surface area contributed by atoms with E-state index in [1.807, 2.05) is 18.2 Å². The molecule has 0 saturated carbocycles. The molecule has 0 saturated heterocycles. The van der Waals surface area contributed by atoms with Gasteiger partial charge in [-0.25, -0.2) is 0 Å². The molecule has 4 rings (SSSR count). The molecular formula is C18H15N5O4. The zero-order valence-corrected chi connectivity index (χ0v) is 14.2. The van der Waals surface area contributed by atoms with Crippen LogP contribution in [0.25, 0.3) is 17.4 Å². The third-order valence-corrected chi connectivity index (χ3v) is 3.76. The Morgan fingerprint density at radius 2 is 2.07 bits per heavy atom. The summed E-state index contributed by atoms with van der Waals surface area (Å²) in [7, 11) is 0. The predicted molar refractivity (Wildman–Crippen MR) is 96.5 cm³/mol. The molecule has 2 N–H and O–H groups in total. The number of para-hydroxylation sites is 1. The number of hydrogen-bond acceptors (Lipinski definition) is 6. The van der Waals surface area contributed by atoms with Crippen LogP contribution in [0.2, 0.25) is 0 Å². The molecule has 1 amide bonds. The Kier molecular flexibility index (Phi) is 4.17. The molecule has 9 heteroatoms. The first-order valence-electron chi connectivity index (χ1n) is 8.17. The lowest BCUT2D eigenvalue weighted by Gasteiger charge is -2.14. The van der Waals surface area contributed by atoms with Gasteiger partial charge in [0.1, 0.15) is 11.6 Å². The zero-order valence-electron chi connectivity index (χ0n) is 14.2. The van der Waals surface area contributed by atoms with Crippen LogP contribution in [0.1, 0.15) is 6.92 Å². The van der Waals surface area contributed by atoms with Crippen LogP contribution in [0.5, 0.6) is 5.75 Å². The number of rotatable bonds is 5. The van der Waals surface area contributed by atoms with E-state index in [9.17, 15) is 9.59 Å². The van der Waals surface area contributed by atoms with Gasteiger partial charge >= 0.3 is 0 Å². The van der Waals surface area contributed by atoms with Gasteiger partial charge in [0.15, 0.2) is 11.9 Å². The number of ether oxygens (including phenoxy) is 1. The number of nitrogens with zero attached hydrogens (tertiary/aromatic N) is 3. The number of fused-ring (bicyclic) bond motifs is 1. The standard InChI is InChI=1S/C18H15N5O4/c1-11(27-12-6-3-2-4-7-12)17(25)19-14-10-15(24)20-18-21-16(22-23(14)18)13-8-5-9-26-13/h2-11H,1H3,(H,19,25)(H,20,21,22,24). The summed E-state index contributed by atoms with van der Waals surface area (Å²) in [4.78, 5) is 31.2. The third kappa shape index (κ3) is 3.43. The van der Waals surface area contributed by atoms with Gasteiger partial charge in [-0.1, -0.05) is 18.2 Å². The lowest BCUT2D eigenvalue weighted by Crippen LogP contribution is -2.31. The summed E-state index contributed by atoms with van der Waals surface area (Å²) >= 11 is 0. The average Bonchev–Trinajstić information content (AvgIpc) is 3.31. The average molecular weight is 365 g/mol. The fourth-order valence-electron chi connectivity index (χ4n) is 2.48. The summed E-state index contributed by atoms with van der Waals surface area (Å²) in [6.45, 7) is 1.61. The van der Waals surface area contributed by atoms with Gasteiger partial charge in [0.2, 0.25) is 11.6 Å². The Hall–Kier alpha value is -3.88. The number of amides is 1. The lowest BCUT2D eigenvalue weighted by atomic mass is 10.3. The molecule has 0 spiro atoms. The molecule has 0 aliphatic carbocycles. The highest BCUT2D eigenvalue weighted by atomic mass is 16.5. The Bertz CT molecular complexity index is 1130. The summed E-state index contributed by atoms with van der Waals surface area (Å²) in [5, 5.41) is 6.93. The molecule has 9 nitrogen and oxygen atoms in total. The van der Waals surface area contributed by atoms with Crippen LogP contribution in [0.3, 0.4) is 0 Å². The van der Waals surface area contributed by atoms with E-state index >= 15 is 0 Å². The smallest absolute Gasteiger partial charge is 0.266 e. The molecule has 0 fully saturated rings. The number of anilines is 1. The highest BCUT2D eigenvalue weighted by Crippen LogP contribution is 2.17. The minimum absolute atomic E-state index is 0.174. The number of carbonyl (C=O) groups excluding carboxylic acids is 1. The molecule has 3 aromatic heterocycles. The second-order valence-electron chi connectivity index (χ2n) is 5.73. The fraction of sp³-hybridized carbons (Fsp3) is 0.111. The zero-order chi connectivity index (χ0) is 18.8. The number of hydrogen-bond donors (Lipinski definition) is 2. The normalized spacial score (nSPS) is 12.0. The van der Waals surface area contributed by atoms with Crippen molar-refractivity contribution in [2.45, 2.75) is 13.0 Å². The molecule has 3 heterocycles. The van der Waals surface area contributed by atoms with E-state index in [0.29, 0.717) is 11.5 Å². The van der Waals surface area contributed by atoms with Crippen molar-refractivity contribution in [2.24, 2.45) is 0 Å². The van der Waals surface area contributed by atoms with E-state index in [1.165, 1.54) is 16.8 Å². The van der Waals surface area contributed by atoms with Gasteiger partial charge in [0.25, 0.3) is 11.5 Å². The first kappa shape index (κ1) is 16.6. The second-order valence-corrected chi connectivity index (χ2v) is 5.73. The van der Waals surface area contributed by atoms with Crippen LogP contribution in [0, 0.1) is 0 Å². The highest BCUT2D eigenvalue weighted by molar-refractivity contribution is 5.93. The van der Waals surface area contributed by atoms with E-state index in [0.717, 1.165) is 0 Å². The van der Waals surface area contributed by atoms with Gasteiger partial charge in [-0.2, -0.15) is 9.50 Å². The van der Waals surface area contributed by atoms with Gasteiger partial charge in [-0.3, -0.25) is 14.6 Å². The molecule has 27 heavy (non-hydrogen) atoms. The maximum absolute atomic E-state index is 12.5. The quantitative estimate of drug-likeness (QED) is 0.560. The van der Waals surface area contributed by atoms with E-state index in [-0.39, 0.29) is 17.4 Å². The van der Waals surface area contributed by atoms with Crippen LogP contribution < -0.4 is 15.6 Å². The summed E-state index contributed by atoms with van der Waals surface area (Å²) in [5.74, 6) is 1.22. The number of carbonyl (C=O) groups is 1. The second kappa shape index (κ2) is 6.79. The Morgan fingerprint density at radius 3 is 2.81 bits per heavy atom. The first-order valence-corrected chi connectivity index (χ1v) is 8.17. The highest BCUT2D eigenvalue weighted by Gasteiger charge is 2.18. The Morgan fingerprint density at radius 1 is 1.26 bits per heavy atom. The summed E-state index contributed by atoms with van der Waals surface area (Å²) in [6.07, 6.45) is 0.713. The number of H-pyrrole nitrogens is 1. The first-order chi connectivity index (χ1) is 13.1. The molecule has 1 aromatic carbocycles. The van der Waals surface area contributed by atoms with Crippen molar-refractivity contribution < 1.29 is 13.9 Å². The Labute approximate surface area is 152 Å². The van der Waals surface area contributed by atoms with Crippen LogP contribution >= 0.6 is 0 Å². The summed E-state index contributed by atoms with van der Waals surface area (Å²) < 4.78 is 12.2.